The van der Waals surface area contributed by atoms with Gasteiger partial charge in [0.05, 0.1) is 4.90 Å². The van der Waals surface area contributed by atoms with Crippen molar-refractivity contribution in [3.63, 3.8) is 0 Å². The molecule has 118 valence electrons. The van der Waals surface area contributed by atoms with Gasteiger partial charge in [0.25, 0.3) is 0 Å². The van der Waals surface area contributed by atoms with E-state index >= 15 is 0 Å². The smallest absolute Gasteiger partial charge is 0.240 e. The van der Waals surface area contributed by atoms with Crippen molar-refractivity contribution >= 4 is 15.7 Å². The number of aryl methyl sites for hydroxylation is 1. The van der Waals surface area contributed by atoms with Gasteiger partial charge in [-0.3, -0.25) is 0 Å². The van der Waals surface area contributed by atoms with Crippen LogP contribution in [-0.2, 0) is 16.4 Å². The van der Waals surface area contributed by atoms with Crippen molar-refractivity contribution in [2.45, 2.75) is 43.9 Å². The lowest BCUT2D eigenvalue weighted by atomic mass is 9.88. The summed E-state index contributed by atoms with van der Waals surface area (Å²) >= 11 is 0. The van der Waals surface area contributed by atoms with E-state index in [1.807, 2.05) is 6.92 Å². The average molecular weight is 312 g/mol. The van der Waals surface area contributed by atoms with Crippen LogP contribution in [0.1, 0.15) is 38.2 Å². The number of hydrogen-bond acceptors (Lipinski definition) is 4. The highest BCUT2D eigenvalue weighted by Gasteiger charge is 2.34. The molecule has 0 heterocycles. The molecule has 21 heavy (non-hydrogen) atoms. The van der Waals surface area contributed by atoms with E-state index in [-0.39, 0.29) is 23.5 Å². The van der Waals surface area contributed by atoms with Gasteiger partial charge in [-0.05, 0) is 37.0 Å². The third-order valence-corrected chi connectivity index (χ3v) is 5.84. The second-order valence-corrected chi connectivity index (χ2v) is 7.67. The quantitative estimate of drug-likeness (QED) is 0.697. The number of nitrogen functional groups attached to an aromatic ring is 1. The topological polar surface area (TPSA) is 92.4 Å². The maximum absolute atomic E-state index is 12.4. The molecule has 0 aromatic heterocycles. The van der Waals surface area contributed by atoms with E-state index in [4.69, 9.17) is 5.73 Å². The Bertz CT molecular complexity index is 593. The third-order valence-electron chi connectivity index (χ3n) is 4.45. The second kappa shape index (κ2) is 6.34. The maximum atomic E-state index is 12.4. The summed E-state index contributed by atoms with van der Waals surface area (Å²) in [5.41, 5.74) is 7.00. The van der Waals surface area contributed by atoms with Gasteiger partial charge < -0.3 is 10.8 Å². The molecule has 5 nitrogen and oxygen atoms in total. The molecule has 0 amide bonds. The number of nitrogens with two attached hydrogens (primary N) is 1. The summed E-state index contributed by atoms with van der Waals surface area (Å²) in [6, 6.07) is 4.83. The molecule has 0 aliphatic heterocycles. The number of aliphatic hydroxyl groups excluding tert-OH is 1. The summed E-state index contributed by atoms with van der Waals surface area (Å²) in [5, 5.41) is 9.54. The number of aliphatic hydroxyl groups is 1. The summed E-state index contributed by atoms with van der Waals surface area (Å²) in [4.78, 5) is 0.184. The first-order valence-corrected chi connectivity index (χ1v) is 8.90. The Morgan fingerprint density at radius 1 is 1.33 bits per heavy atom. The van der Waals surface area contributed by atoms with Crippen LogP contribution in [0.15, 0.2) is 23.1 Å². The van der Waals surface area contributed by atoms with E-state index in [1.54, 1.807) is 12.1 Å². The van der Waals surface area contributed by atoms with Crippen LogP contribution in [0.5, 0.6) is 0 Å². The van der Waals surface area contributed by atoms with Gasteiger partial charge in [-0.25, -0.2) is 13.1 Å². The largest absolute Gasteiger partial charge is 0.398 e. The minimum absolute atomic E-state index is 0.0203. The lowest BCUT2D eigenvalue weighted by Gasteiger charge is -2.26. The molecule has 1 aromatic carbocycles. The molecule has 1 fully saturated rings. The lowest BCUT2D eigenvalue weighted by Crippen LogP contribution is -2.38. The first-order chi connectivity index (χ1) is 9.92. The summed E-state index contributed by atoms with van der Waals surface area (Å²) in [6.07, 6.45) is 4.58. The van der Waals surface area contributed by atoms with Crippen molar-refractivity contribution in [2.75, 3.05) is 18.9 Å². The van der Waals surface area contributed by atoms with Gasteiger partial charge in [-0.2, -0.15) is 0 Å². The average Bonchev–Trinajstić information content (AvgIpc) is 2.95. The summed E-state index contributed by atoms with van der Waals surface area (Å²) in [5.74, 6) is 0. The number of benzene rings is 1. The minimum atomic E-state index is -3.58. The van der Waals surface area contributed by atoms with Crippen LogP contribution in [0.3, 0.4) is 0 Å². The molecule has 0 bridgehead atoms. The first-order valence-electron chi connectivity index (χ1n) is 7.41. The van der Waals surface area contributed by atoms with Crippen LogP contribution in [0, 0.1) is 5.41 Å². The molecule has 6 heteroatoms. The molecule has 1 aliphatic carbocycles. The van der Waals surface area contributed by atoms with E-state index in [9.17, 15) is 13.5 Å². The molecule has 0 spiro atoms. The fourth-order valence-electron chi connectivity index (χ4n) is 2.91. The van der Waals surface area contributed by atoms with Crippen molar-refractivity contribution in [1.82, 2.24) is 4.72 Å². The molecule has 0 unspecified atom stereocenters. The van der Waals surface area contributed by atoms with Gasteiger partial charge in [-0.1, -0.05) is 25.8 Å². The Kier molecular flexibility index (Phi) is 4.91. The van der Waals surface area contributed by atoms with Crippen molar-refractivity contribution in [3.05, 3.63) is 23.8 Å². The lowest BCUT2D eigenvalue weighted by molar-refractivity contribution is 0.134. The third kappa shape index (κ3) is 3.56. The number of nitrogens with one attached hydrogen (secondary N) is 1. The molecule has 0 atom stereocenters. The summed E-state index contributed by atoms with van der Waals surface area (Å²) < 4.78 is 27.3. The molecular formula is C15H24N2O3S. The van der Waals surface area contributed by atoms with Crippen LogP contribution in [-0.4, -0.2) is 26.7 Å². The predicted molar refractivity (Wildman–Crippen MR) is 83.4 cm³/mol. The fourth-order valence-corrected chi connectivity index (χ4v) is 4.10. The summed E-state index contributed by atoms with van der Waals surface area (Å²) in [7, 11) is -3.58. The molecule has 0 saturated heterocycles. The highest BCUT2D eigenvalue weighted by Crippen LogP contribution is 2.37. The Morgan fingerprint density at radius 2 is 2.00 bits per heavy atom. The zero-order chi connectivity index (χ0) is 15.5. The number of hydrogen-bond donors (Lipinski definition) is 3. The number of sulfonamides is 1. The van der Waals surface area contributed by atoms with Crippen LogP contribution >= 0.6 is 0 Å². The van der Waals surface area contributed by atoms with E-state index in [1.165, 1.54) is 6.07 Å². The summed E-state index contributed by atoms with van der Waals surface area (Å²) in [6.45, 7) is 2.27. The molecule has 1 saturated carbocycles. The van der Waals surface area contributed by atoms with Crippen LogP contribution < -0.4 is 10.5 Å². The Morgan fingerprint density at radius 3 is 2.52 bits per heavy atom. The second-order valence-electron chi connectivity index (χ2n) is 5.90. The van der Waals surface area contributed by atoms with Gasteiger partial charge in [-0.15, -0.1) is 0 Å². The fraction of sp³-hybridized carbons (Fsp3) is 0.600. The molecule has 1 aromatic rings. The highest BCUT2D eigenvalue weighted by molar-refractivity contribution is 7.89. The van der Waals surface area contributed by atoms with Gasteiger partial charge in [0.15, 0.2) is 0 Å². The van der Waals surface area contributed by atoms with Gasteiger partial charge >= 0.3 is 0 Å². The van der Waals surface area contributed by atoms with Crippen molar-refractivity contribution in [2.24, 2.45) is 5.41 Å². The Hall–Kier alpha value is -1.11. The minimum Gasteiger partial charge on any atom is -0.398 e. The van der Waals surface area contributed by atoms with Crippen molar-refractivity contribution in [3.8, 4) is 0 Å². The molecule has 4 N–H and O–H groups in total. The van der Waals surface area contributed by atoms with E-state index in [0.717, 1.165) is 37.7 Å². The standard InChI is InChI=1S/C15H24N2O3S/c1-2-12-5-6-13(9-14(12)16)21(19,20)17-10-15(11-18)7-3-4-8-15/h5-6,9,17-18H,2-4,7-8,10-11,16H2,1H3. The zero-order valence-electron chi connectivity index (χ0n) is 12.4. The van der Waals surface area contributed by atoms with Crippen molar-refractivity contribution in [1.29, 1.82) is 0 Å². The molecule has 2 rings (SSSR count). The first kappa shape index (κ1) is 16.3. The van der Waals surface area contributed by atoms with Crippen LogP contribution in [0.4, 0.5) is 5.69 Å². The Labute approximate surface area is 126 Å². The van der Waals surface area contributed by atoms with Crippen molar-refractivity contribution < 1.29 is 13.5 Å². The van der Waals surface area contributed by atoms with E-state index in [0.29, 0.717) is 5.69 Å². The molecular weight excluding hydrogens is 288 g/mol. The van der Waals surface area contributed by atoms with Gasteiger partial charge in [0.1, 0.15) is 0 Å². The zero-order valence-corrected chi connectivity index (χ0v) is 13.2. The van der Waals surface area contributed by atoms with Crippen LogP contribution in [0.25, 0.3) is 0 Å². The predicted octanol–water partition coefficient (Wildman–Crippen LogP) is 1.66. The molecule has 1 aliphatic rings. The van der Waals surface area contributed by atoms with Crippen LogP contribution in [0.2, 0.25) is 0 Å². The number of rotatable bonds is 6. The number of anilines is 1. The monoisotopic (exact) mass is 312 g/mol. The maximum Gasteiger partial charge on any atom is 0.240 e. The molecule has 0 radical (unpaired) electrons. The highest BCUT2D eigenvalue weighted by atomic mass is 32.2. The van der Waals surface area contributed by atoms with Gasteiger partial charge in [0.2, 0.25) is 10.0 Å². The van der Waals surface area contributed by atoms with Gasteiger partial charge in [0, 0.05) is 24.3 Å². The SMILES string of the molecule is CCc1ccc(S(=O)(=O)NCC2(CO)CCCC2)cc1N. The normalized spacial score (nSPS) is 18.0. The van der Waals surface area contributed by atoms with E-state index in [2.05, 4.69) is 4.72 Å². The Balaban J connectivity index is 2.13. The van der Waals surface area contributed by atoms with E-state index < -0.39 is 10.0 Å².